The van der Waals surface area contributed by atoms with Crippen LogP contribution < -0.4 is 0 Å². The number of rotatable bonds is 2. The average Bonchev–Trinajstić information content (AvgIpc) is 1.80. The molecule has 0 saturated heterocycles. The summed E-state index contributed by atoms with van der Waals surface area (Å²) in [6.07, 6.45) is 0. The smallest absolute Gasteiger partial charge is 0.281 e. The Morgan fingerprint density at radius 2 is 1.00 bits per heavy atom. The van der Waals surface area contributed by atoms with Crippen molar-refractivity contribution in [2.24, 2.45) is 0 Å². The average molecular weight is 346 g/mol. The molecule has 0 amide bonds. The zero-order valence-corrected chi connectivity index (χ0v) is 9.90. The third kappa shape index (κ3) is 3.49. The van der Waals surface area contributed by atoms with Crippen molar-refractivity contribution in [2.75, 3.05) is 0 Å². The zero-order chi connectivity index (χ0) is 10.2. The van der Waals surface area contributed by atoms with E-state index in [0.29, 0.717) is 0 Å². The standard InChI is InChI=1S/C2H2Br2O6S2/c3-1(11(5,6)7)2(4)12(8,9)10/h(H,5,6,7)(H,8,9,10). The van der Waals surface area contributed by atoms with Crippen LogP contribution in [0.1, 0.15) is 0 Å². The minimum atomic E-state index is -4.67. The van der Waals surface area contributed by atoms with Gasteiger partial charge in [0.1, 0.15) is 0 Å². The van der Waals surface area contributed by atoms with Gasteiger partial charge >= 0.3 is 20.2 Å². The predicted octanol–water partition coefficient (Wildman–Crippen LogP) is 0.678. The molecule has 0 heterocycles. The molecule has 10 heteroatoms. The molecular formula is C2H2Br2O6S2. The summed E-state index contributed by atoms with van der Waals surface area (Å²) < 4.78 is 55.5. The van der Waals surface area contributed by atoms with Crippen molar-refractivity contribution in [3.8, 4) is 0 Å². The summed E-state index contributed by atoms with van der Waals surface area (Å²) in [6, 6.07) is 0. The van der Waals surface area contributed by atoms with Crippen molar-refractivity contribution in [2.45, 2.75) is 0 Å². The monoisotopic (exact) mass is 344 g/mol. The highest BCUT2D eigenvalue weighted by atomic mass is 79.9. The van der Waals surface area contributed by atoms with Crippen molar-refractivity contribution >= 4 is 52.1 Å². The van der Waals surface area contributed by atoms with Gasteiger partial charge in [0, 0.05) is 0 Å². The maximum Gasteiger partial charge on any atom is 0.303 e. The third-order valence-corrected chi connectivity index (χ3v) is 6.36. The molecule has 0 atom stereocenters. The van der Waals surface area contributed by atoms with E-state index in [9.17, 15) is 16.8 Å². The van der Waals surface area contributed by atoms with Crippen molar-refractivity contribution in [1.82, 2.24) is 0 Å². The Labute approximate surface area is 85.4 Å². The van der Waals surface area contributed by atoms with Gasteiger partial charge in [-0.25, -0.2) is 0 Å². The Bertz CT molecular complexity index is 361. The summed E-state index contributed by atoms with van der Waals surface area (Å²) in [5, 5.41) is 0. The lowest BCUT2D eigenvalue weighted by Gasteiger charge is -1.96. The molecule has 0 spiro atoms. The fourth-order valence-corrected chi connectivity index (χ4v) is 2.47. The normalized spacial score (nSPS) is 15.7. The maximum absolute atomic E-state index is 10.3. The van der Waals surface area contributed by atoms with Crippen LogP contribution in [0.15, 0.2) is 7.63 Å². The van der Waals surface area contributed by atoms with E-state index >= 15 is 0 Å². The van der Waals surface area contributed by atoms with Crippen LogP contribution >= 0.6 is 31.9 Å². The highest BCUT2D eigenvalue weighted by molar-refractivity contribution is 9.16. The summed E-state index contributed by atoms with van der Waals surface area (Å²) in [4.78, 5) is 0. The van der Waals surface area contributed by atoms with E-state index in [2.05, 4.69) is 31.9 Å². The molecule has 0 aliphatic rings. The van der Waals surface area contributed by atoms with Gasteiger partial charge in [-0.1, -0.05) is 0 Å². The number of hydrogen-bond donors (Lipinski definition) is 2. The van der Waals surface area contributed by atoms with Crippen LogP contribution in [0.25, 0.3) is 0 Å². The second-order valence-electron chi connectivity index (χ2n) is 1.50. The molecule has 0 aromatic rings. The van der Waals surface area contributed by atoms with Crippen molar-refractivity contribution in [1.29, 1.82) is 0 Å². The van der Waals surface area contributed by atoms with E-state index in [1.165, 1.54) is 0 Å². The first-order chi connectivity index (χ1) is 5.07. The Hall–Kier alpha value is 0.520. The fraction of sp³-hybridized carbons (Fsp3) is 0. The van der Waals surface area contributed by atoms with E-state index in [-0.39, 0.29) is 0 Å². The number of hydrogen-bond acceptors (Lipinski definition) is 4. The van der Waals surface area contributed by atoms with Gasteiger partial charge in [0.25, 0.3) is 0 Å². The molecule has 0 radical (unpaired) electrons. The quantitative estimate of drug-likeness (QED) is 0.712. The molecule has 6 nitrogen and oxygen atoms in total. The first-order valence-electron chi connectivity index (χ1n) is 2.07. The Morgan fingerprint density at radius 3 is 1.08 bits per heavy atom. The maximum atomic E-state index is 10.3. The summed E-state index contributed by atoms with van der Waals surface area (Å²) in [6.45, 7) is 0. The minimum absolute atomic E-state index is 1.06. The lowest BCUT2D eigenvalue weighted by atomic mass is 11.2. The second kappa shape index (κ2) is 3.72. The van der Waals surface area contributed by atoms with Gasteiger partial charge in [-0.2, -0.15) is 16.8 Å². The first kappa shape index (κ1) is 12.5. The zero-order valence-electron chi connectivity index (χ0n) is 5.10. The van der Waals surface area contributed by atoms with Crippen LogP contribution in [-0.4, -0.2) is 25.9 Å². The van der Waals surface area contributed by atoms with Crippen LogP contribution in [-0.2, 0) is 20.2 Å². The molecule has 0 aliphatic carbocycles. The van der Waals surface area contributed by atoms with Gasteiger partial charge in [0.05, 0.1) is 0 Å². The Morgan fingerprint density at radius 1 is 0.833 bits per heavy atom. The Kier molecular flexibility index (Phi) is 3.88. The van der Waals surface area contributed by atoms with E-state index in [1.54, 1.807) is 0 Å². The molecule has 0 aromatic carbocycles. The van der Waals surface area contributed by atoms with Crippen LogP contribution in [0.4, 0.5) is 0 Å². The lowest BCUT2D eigenvalue weighted by Crippen LogP contribution is -2.04. The van der Waals surface area contributed by atoms with E-state index in [1.807, 2.05) is 0 Å². The first-order valence-corrected chi connectivity index (χ1v) is 6.53. The van der Waals surface area contributed by atoms with Crippen LogP contribution in [0, 0.1) is 0 Å². The van der Waals surface area contributed by atoms with Gasteiger partial charge in [0.15, 0.2) is 7.63 Å². The molecule has 0 fully saturated rings. The molecule has 2 N–H and O–H groups in total. The van der Waals surface area contributed by atoms with Gasteiger partial charge in [-0.3, -0.25) is 9.11 Å². The molecule has 0 unspecified atom stereocenters. The van der Waals surface area contributed by atoms with E-state index < -0.39 is 27.9 Å². The fourth-order valence-electron chi connectivity index (χ4n) is 0.203. The van der Waals surface area contributed by atoms with Crippen molar-refractivity contribution in [3.63, 3.8) is 0 Å². The summed E-state index contributed by atoms with van der Waals surface area (Å²) in [5.74, 6) is 0. The van der Waals surface area contributed by atoms with Crippen LogP contribution in [0.5, 0.6) is 0 Å². The molecule has 0 rings (SSSR count). The molecule has 72 valence electrons. The van der Waals surface area contributed by atoms with Crippen LogP contribution in [0.3, 0.4) is 0 Å². The van der Waals surface area contributed by atoms with E-state index in [0.717, 1.165) is 0 Å². The molecule has 0 aromatic heterocycles. The van der Waals surface area contributed by atoms with Gasteiger partial charge in [-0.15, -0.1) is 0 Å². The van der Waals surface area contributed by atoms with Crippen LogP contribution in [0.2, 0.25) is 0 Å². The highest BCUT2D eigenvalue weighted by Gasteiger charge is 2.23. The van der Waals surface area contributed by atoms with Crippen molar-refractivity contribution in [3.05, 3.63) is 7.63 Å². The minimum Gasteiger partial charge on any atom is -0.281 e. The topological polar surface area (TPSA) is 109 Å². The molecule has 0 aliphatic heterocycles. The highest BCUT2D eigenvalue weighted by Crippen LogP contribution is 2.26. The summed E-state index contributed by atoms with van der Waals surface area (Å²) in [5.41, 5.74) is 0. The van der Waals surface area contributed by atoms with Gasteiger partial charge < -0.3 is 0 Å². The SMILES string of the molecule is O=S(=O)(O)C(Br)=C(Br)S(=O)(=O)O. The summed E-state index contributed by atoms with van der Waals surface area (Å²) in [7, 11) is -9.35. The van der Waals surface area contributed by atoms with E-state index in [4.69, 9.17) is 9.11 Å². The third-order valence-electron chi connectivity index (χ3n) is 0.607. The molecule has 0 saturated carbocycles. The molecule has 0 bridgehead atoms. The van der Waals surface area contributed by atoms with Gasteiger partial charge in [-0.05, 0) is 31.9 Å². The van der Waals surface area contributed by atoms with Crippen molar-refractivity contribution < 1.29 is 25.9 Å². The predicted molar refractivity (Wildman–Crippen MR) is 48.0 cm³/mol. The lowest BCUT2D eigenvalue weighted by molar-refractivity contribution is 0.487. The number of halogens is 2. The molecular weight excluding hydrogens is 344 g/mol. The largest absolute Gasteiger partial charge is 0.303 e. The Balaban J connectivity index is 5.58. The second-order valence-corrected chi connectivity index (χ2v) is 6.85. The van der Waals surface area contributed by atoms with Gasteiger partial charge in [0.2, 0.25) is 0 Å². The molecule has 12 heavy (non-hydrogen) atoms. The summed E-state index contributed by atoms with van der Waals surface area (Å²) >= 11 is 4.51.